The average molecular weight is 274 g/mol. The second-order valence-electron chi connectivity index (χ2n) is 4.41. The molecule has 0 fully saturated rings. The Balaban J connectivity index is 2.04. The maximum atomic E-state index is 9.07. The van der Waals surface area contributed by atoms with Gasteiger partial charge in [0, 0.05) is 18.9 Å². The number of aliphatic hydroxyl groups excluding tert-OH is 1. The summed E-state index contributed by atoms with van der Waals surface area (Å²) in [7, 11) is 1.69. The van der Waals surface area contributed by atoms with E-state index in [1.54, 1.807) is 13.3 Å². The van der Waals surface area contributed by atoms with Gasteiger partial charge < -0.3 is 14.6 Å². The van der Waals surface area contributed by atoms with Gasteiger partial charge in [0.05, 0.1) is 18.9 Å². The zero-order valence-electron chi connectivity index (χ0n) is 11.7. The van der Waals surface area contributed by atoms with E-state index in [1.165, 1.54) is 5.56 Å². The summed E-state index contributed by atoms with van der Waals surface area (Å²) in [5.41, 5.74) is 2.61. The molecular weight excluding hydrogens is 256 g/mol. The van der Waals surface area contributed by atoms with Gasteiger partial charge in [-0.15, -0.1) is 0 Å². The fourth-order valence-corrected chi connectivity index (χ4v) is 1.72. The number of hydrogen-bond donors (Lipinski definition) is 1. The van der Waals surface area contributed by atoms with Crippen LogP contribution in [0.1, 0.15) is 16.8 Å². The second kappa shape index (κ2) is 6.98. The maximum Gasteiger partial charge on any atom is 0.322 e. The summed E-state index contributed by atoms with van der Waals surface area (Å²) >= 11 is 0. The monoisotopic (exact) mass is 274 g/mol. The van der Waals surface area contributed by atoms with Crippen molar-refractivity contribution < 1.29 is 14.6 Å². The Morgan fingerprint density at radius 3 is 2.55 bits per heavy atom. The Hall–Kier alpha value is -1.98. The molecule has 0 saturated heterocycles. The number of aromatic nitrogens is 2. The van der Waals surface area contributed by atoms with Gasteiger partial charge in [0.1, 0.15) is 5.75 Å². The minimum atomic E-state index is -0.0691. The minimum Gasteiger partial charge on any atom is -0.424 e. The van der Waals surface area contributed by atoms with Crippen LogP contribution in [0.15, 0.2) is 30.5 Å². The Bertz CT molecular complexity index is 556. The molecule has 20 heavy (non-hydrogen) atoms. The quantitative estimate of drug-likeness (QED) is 0.875. The van der Waals surface area contributed by atoms with Gasteiger partial charge in [-0.2, -0.15) is 4.98 Å². The first-order valence-corrected chi connectivity index (χ1v) is 6.42. The third-order valence-corrected chi connectivity index (χ3v) is 2.96. The van der Waals surface area contributed by atoms with Crippen LogP contribution in [-0.2, 0) is 17.8 Å². The van der Waals surface area contributed by atoms with Crippen LogP contribution in [0.25, 0.3) is 0 Å². The highest BCUT2D eigenvalue weighted by atomic mass is 16.5. The lowest BCUT2D eigenvalue weighted by Crippen LogP contribution is -1.99. The zero-order chi connectivity index (χ0) is 14.4. The van der Waals surface area contributed by atoms with Crippen molar-refractivity contribution in [2.45, 2.75) is 20.0 Å². The van der Waals surface area contributed by atoms with Gasteiger partial charge in [0.2, 0.25) is 0 Å². The summed E-state index contributed by atoms with van der Waals surface area (Å²) in [4.78, 5) is 8.26. The number of benzene rings is 1. The van der Waals surface area contributed by atoms with Crippen LogP contribution in [0.2, 0.25) is 0 Å². The van der Waals surface area contributed by atoms with Gasteiger partial charge in [-0.25, -0.2) is 4.98 Å². The molecule has 1 N–H and O–H groups in total. The summed E-state index contributed by atoms with van der Waals surface area (Å²) in [6, 6.07) is 8.02. The molecule has 0 bridgehead atoms. The number of methoxy groups -OCH3 is 1. The van der Waals surface area contributed by atoms with E-state index in [4.69, 9.17) is 14.6 Å². The van der Waals surface area contributed by atoms with Crippen LogP contribution in [0.5, 0.6) is 11.8 Å². The third-order valence-electron chi connectivity index (χ3n) is 2.96. The summed E-state index contributed by atoms with van der Waals surface area (Å²) in [5.74, 6) is 0.683. The maximum absolute atomic E-state index is 9.07. The molecule has 1 aromatic heterocycles. The van der Waals surface area contributed by atoms with E-state index >= 15 is 0 Å². The first kappa shape index (κ1) is 14.4. The molecule has 0 amide bonds. The van der Waals surface area contributed by atoms with Crippen LogP contribution in [0, 0.1) is 6.92 Å². The number of nitrogens with zero attached hydrogens (tertiary/aromatic N) is 2. The van der Waals surface area contributed by atoms with Crippen molar-refractivity contribution in [3.63, 3.8) is 0 Å². The van der Waals surface area contributed by atoms with Crippen molar-refractivity contribution in [2.75, 3.05) is 13.7 Å². The van der Waals surface area contributed by atoms with Gasteiger partial charge >= 0.3 is 6.01 Å². The predicted octanol–water partition coefficient (Wildman–Crippen LogP) is 2.26. The zero-order valence-corrected chi connectivity index (χ0v) is 11.7. The van der Waals surface area contributed by atoms with E-state index in [0.717, 1.165) is 6.42 Å². The Morgan fingerprint density at radius 2 is 1.95 bits per heavy atom. The number of aliphatic hydroxyl groups is 1. The highest BCUT2D eigenvalue weighted by molar-refractivity contribution is 5.29. The van der Waals surface area contributed by atoms with Gasteiger partial charge in [0.15, 0.2) is 0 Å². The van der Waals surface area contributed by atoms with Crippen molar-refractivity contribution in [3.8, 4) is 11.8 Å². The van der Waals surface area contributed by atoms with Crippen LogP contribution < -0.4 is 4.74 Å². The number of ether oxygens (including phenoxy) is 2. The molecule has 2 aromatic rings. The number of hydrogen-bond acceptors (Lipinski definition) is 5. The molecule has 0 unspecified atom stereocenters. The summed E-state index contributed by atoms with van der Waals surface area (Å²) < 4.78 is 10.6. The molecule has 0 aliphatic rings. The van der Waals surface area contributed by atoms with E-state index in [1.807, 2.05) is 31.2 Å². The number of aryl methyl sites for hydroxylation is 1. The van der Waals surface area contributed by atoms with Crippen molar-refractivity contribution in [3.05, 3.63) is 47.3 Å². The first-order valence-electron chi connectivity index (χ1n) is 6.42. The van der Waals surface area contributed by atoms with Gasteiger partial charge in [0.25, 0.3) is 0 Å². The average Bonchev–Trinajstić information content (AvgIpc) is 2.47. The first-order chi connectivity index (χ1) is 9.72. The Kier molecular flexibility index (Phi) is 5.03. The predicted molar refractivity (Wildman–Crippen MR) is 74.8 cm³/mol. The van der Waals surface area contributed by atoms with Crippen LogP contribution in [0.3, 0.4) is 0 Å². The van der Waals surface area contributed by atoms with Gasteiger partial charge in [-0.1, -0.05) is 12.1 Å². The lowest BCUT2D eigenvalue weighted by Gasteiger charge is -2.07. The van der Waals surface area contributed by atoms with Gasteiger partial charge in [-0.05, 0) is 31.0 Å². The van der Waals surface area contributed by atoms with E-state index < -0.39 is 0 Å². The van der Waals surface area contributed by atoms with E-state index in [9.17, 15) is 0 Å². The number of rotatable bonds is 6. The largest absolute Gasteiger partial charge is 0.424 e. The standard InChI is InChI=1S/C15H18N2O3/c1-11-13(10-18)9-16-15(17-11)20-14-5-3-12(4-6-14)7-8-19-2/h3-6,9,18H,7-8,10H2,1-2H3. The van der Waals surface area contributed by atoms with E-state index in [-0.39, 0.29) is 12.6 Å². The lowest BCUT2D eigenvalue weighted by molar-refractivity contribution is 0.202. The summed E-state index contributed by atoms with van der Waals surface area (Å²) in [6.45, 7) is 2.44. The molecule has 0 saturated carbocycles. The molecule has 0 atom stereocenters. The molecule has 106 valence electrons. The van der Waals surface area contributed by atoms with Crippen molar-refractivity contribution >= 4 is 0 Å². The highest BCUT2D eigenvalue weighted by Gasteiger charge is 2.04. The molecule has 5 nitrogen and oxygen atoms in total. The van der Waals surface area contributed by atoms with E-state index in [2.05, 4.69) is 9.97 Å². The molecule has 5 heteroatoms. The SMILES string of the molecule is COCCc1ccc(Oc2ncc(CO)c(C)n2)cc1. The van der Waals surface area contributed by atoms with Crippen molar-refractivity contribution in [2.24, 2.45) is 0 Å². The highest BCUT2D eigenvalue weighted by Crippen LogP contribution is 2.19. The fourth-order valence-electron chi connectivity index (χ4n) is 1.72. The van der Waals surface area contributed by atoms with E-state index in [0.29, 0.717) is 23.6 Å². The Morgan fingerprint density at radius 1 is 1.20 bits per heavy atom. The van der Waals surface area contributed by atoms with Gasteiger partial charge in [-0.3, -0.25) is 0 Å². The Labute approximate surface area is 118 Å². The molecule has 0 radical (unpaired) electrons. The summed E-state index contributed by atoms with van der Waals surface area (Å²) in [6.07, 6.45) is 2.45. The fraction of sp³-hybridized carbons (Fsp3) is 0.333. The molecule has 1 heterocycles. The minimum absolute atomic E-state index is 0.0691. The molecule has 0 aliphatic carbocycles. The van der Waals surface area contributed by atoms with Crippen molar-refractivity contribution in [1.29, 1.82) is 0 Å². The normalized spacial score (nSPS) is 10.6. The van der Waals surface area contributed by atoms with Crippen molar-refractivity contribution in [1.82, 2.24) is 9.97 Å². The summed E-state index contributed by atoms with van der Waals surface area (Å²) in [5, 5.41) is 9.07. The topological polar surface area (TPSA) is 64.5 Å². The molecular formula is C15H18N2O3. The van der Waals surface area contributed by atoms with Crippen LogP contribution in [0.4, 0.5) is 0 Å². The molecule has 1 aromatic carbocycles. The van der Waals surface area contributed by atoms with Crippen LogP contribution in [-0.4, -0.2) is 28.8 Å². The smallest absolute Gasteiger partial charge is 0.322 e. The molecule has 0 aliphatic heterocycles. The van der Waals surface area contributed by atoms with Crippen LogP contribution >= 0.6 is 0 Å². The molecule has 0 spiro atoms. The third kappa shape index (κ3) is 3.76. The lowest BCUT2D eigenvalue weighted by atomic mass is 10.1. The molecule has 2 rings (SSSR count). The second-order valence-corrected chi connectivity index (χ2v) is 4.41.